The van der Waals surface area contributed by atoms with Crippen molar-refractivity contribution < 1.29 is 0 Å². The van der Waals surface area contributed by atoms with E-state index in [1.807, 2.05) is 19.2 Å². The van der Waals surface area contributed by atoms with Gasteiger partial charge in [0.2, 0.25) is 0 Å². The molecular formula is C13H13N5O. The highest BCUT2D eigenvalue weighted by Crippen LogP contribution is 2.07. The number of aromatic nitrogens is 4. The van der Waals surface area contributed by atoms with E-state index in [0.717, 1.165) is 11.4 Å². The molecule has 1 N–H and O–H groups in total. The Kier molecular flexibility index (Phi) is 2.75. The predicted octanol–water partition coefficient (Wildman–Crippen LogP) is 0.981. The monoisotopic (exact) mass is 255 g/mol. The van der Waals surface area contributed by atoms with Crippen molar-refractivity contribution in [3.8, 4) is 0 Å². The first-order chi connectivity index (χ1) is 9.28. The van der Waals surface area contributed by atoms with Gasteiger partial charge in [0.25, 0.3) is 5.56 Å². The van der Waals surface area contributed by atoms with Crippen molar-refractivity contribution in [1.29, 1.82) is 0 Å². The highest BCUT2D eigenvalue weighted by Gasteiger charge is 2.04. The molecule has 3 rings (SSSR count). The summed E-state index contributed by atoms with van der Waals surface area (Å²) in [6, 6.07) is 5.51. The molecule has 0 aliphatic rings. The van der Waals surface area contributed by atoms with Crippen LogP contribution in [0.1, 0.15) is 5.69 Å². The minimum absolute atomic E-state index is 0.0725. The standard InChI is InChI=1S/C13H13N5O/c1-14-10-2-4-15-11(8-10)9-17-6-7-18-12(13(17)19)3-5-16-18/h2-8H,9H2,1H3,(H,14,15). The maximum atomic E-state index is 12.2. The normalized spacial score (nSPS) is 10.8. The molecule has 0 spiro atoms. The Hall–Kier alpha value is -2.63. The lowest BCUT2D eigenvalue weighted by Crippen LogP contribution is -2.22. The molecule has 6 heteroatoms. The van der Waals surface area contributed by atoms with Crippen LogP contribution in [0.15, 0.2) is 47.8 Å². The molecule has 0 aliphatic heterocycles. The van der Waals surface area contributed by atoms with Crippen LogP contribution in [0.3, 0.4) is 0 Å². The maximum absolute atomic E-state index is 12.2. The minimum atomic E-state index is -0.0725. The molecule has 6 nitrogen and oxygen atoms in total. The highest BCUT2D eigenvalue weighted by molar-refractivity contribution is 5.44. The van der Waals surface area contributed by atoms with Crippen molar-refractivity contribution in [3.05, 3.63) is 59.0 Å². The molecule has 0 fully saturated rings. The fraction of sp³-hybridized carbons (Fsp3) is 0.154. The van der Waals surface area contributed by atoms with Gasteiger partial charge in [0.05, 0.1) is 18.4 Å². The summed E-state index contributed by atoms with van der Waals surface area (Å²) < 4.78 is 3.19. The molecule has 3 heterocycles. The maximum Gasteiger partial charge on any atom is 0.276 e. The third-order valence-electron chi connectivity index (χ3n) is 2.98. The molecule has 3 aromatic rings. The van der Waals surface area contributed by atoms with Gasteiger partial charge in [-0.15, -0.1) is 0 Å². The zero-order valence-corrected chi connectivity index (χ0v) is 10.4. The molecule has 0 radical (unpaired) electrons. The summed E-state index contributed by atoms with van der Waals surface area (Å²) in [7, 11) is 1.85. The average molecular weight is 255 g/mol. The topological polar surface area (TPSA) is 64.2 Å². The number of nitrogens with zero attached hydrogens (tertiary/aromatic N) is 4. The van der Waals surface area contributed by atoms with Crippen LogP contribution in [0.2, 0.25) is 0 Å². The van der Waals surface area contributed by atoms with Crippen LogP contribution >= 0.6 is 0 Å². The molecule has 0 saturated carbocycles. The summed E-state index contributed by atoms with van der Waals surface area (Å²) in [6.45, 7) is 0.441. The Bertz CT molecular complexity index is 774. The quantitative estimate of drug-likeness (QED) is 0.757. The summed E-state index contributed by atoms with van der Waals surface area (Å²) in [5.41, 5.74) is 2.30. The lowest BCUT2D eigenvalue weighted by atomic mass is 10.3. The van der Waals surface area contributed by atoms with E-state index in [-0.39, 0.29) is 5.56 Å². The smallest absolute Gasteiger partial charge is 0.276 e. The number of hydrogen-bond donors (Lipinski definition) is 1. The van der Waals surface area contributed by atoms with Crippen molar-refractivity contribution in [1.82, 2.24) is 19.2 Å². The molecule has 96 valence electrons. The van der Waals surface area contributed by atoms with Crippen LogP contribution in [-0.2, 0) is 6.54 Å². The fourth-order valence-corrected chi connectivity index (χ4v) is 1.98. The highest BCUT2D eigenvalue weighted by atomic mass is 16.1. The second-order valence-electron chi connectivity index (χ2n) is 4.18. The number of nitrogens with one attached hydrogen (secondary N) is 1. The van der Waals surface area contributed by atoms with Crippen molar-refractivity contribution >= 4 is 11.2 Å². The van der Waals surface area contributed by atoms with Gasteiger partial charge in [-0.25, -0.2) is 4.52 Å². The average Bonchev–Trinajstić information content (AvgIpc) is 2.91. The van der Waals surface area contributed by atoms with Crippen LogP contribution in [0.4, 0.5) is 5.69 Å². The lowest BCUT2D eigenvalue weighted by Gasteiger charge is -2.07. The largest absolute Gasteiger partial charge is 0.388 e. The number of fused-ring (bicyclic) bond motifs is 1. The Morgan fingerprint density at radius 3 is 3.00 bits per heavy atom. The van der Waals surface area contributed by atoms with Crippen molar-refractivity contribution in [2.45, 2.75) is 6.54 Å². The molecular weight excluding hydrogens is 242 g/mol. The first-order valence-electron chi connectivity index (χ1n) is 5.93. The number of hydrogen-bond acceptors (Lipinski definition) is 4. The Morgan fingerprint density at radius 1 is 1.26 bits per heavy atom. The molecule has 0 unspecified atom stereocenters. The van der Waals surface area contributed by atoms with Gasteiger partial charge >= 0.3 is 0 Å². The van der Waals surface area contributed by atoms with Gasteiger partial charge in [0.1, 0.15) is 5.52 Å². The van der Waals surface area contributed by atoms with Crippen molar-refractivity contribution in [3.63, 3.8) is 0 Å². The van der Waals surface area contributed by atoms with E-state index < -0.39 is 0 Å². The van der Waals surface area contributed by atoms with Crippen LogP contribution in [-0.4, -0.2) is 26.2 Å². The summed E-state index contributed by atoms with van der Waals surface area (Å²) in [5.74, 6) is 0. The minimum Gasteiger partial charge on any atom is -0.388 e. The molecule has 0 bridgehead atoms. The summed E-state index contributed by atoms with van der Waals surface area (Å²) in [5, 5.41) is 7.08. The zero-order valence-electron chi connectivity index (χ0n) is 10.4. The Balaban J connectivity index is 2.00. The second kappa shape index (κ2) is 4.56. The molecule has 0 aromatic carbocycles. The van der Waals surface area contributed by atoms with Crippen LogP contribution in [0, 0.1) is 0 Å². The van der Waals surface area contributed by atoms with Gasteiger partial charge in [0, 0.05) is 31.3 Å². The van der Waals surface area contributed by atoms with Gasteiger partial charge in [-0.05, 0) is 18.2 Å². The van der Waals surface area contributed by atoms with E-state index >= 15 is 0 Å². The van der Waals surface area contributed by atoms with Gasteiger partial charge in [-0.3, -0.25) is 9.78 Å². The van der Waals surface area contributed by atoms with Crippen LogP contribution < -0.4 is 10.9 Å². The zero-order chi connectivity index (χ0) is 13.2. The third-order valence-corrected chi connectivity index (χ3v) is 2.98. The molecule has 0 atom stereocenters. The van der Waals surface area contributed by atoms with Crippen molar-refractivity contribution in [2.75, 3.05) is 12.4 Å². The van der Waals surface area contributed by atoms with Crippen LogP contribution in [0.25, 0.3) is 5.52 Å². The summed E-state index contributed by atoms with van der Waals surface area (Å²) in [6.07, 6.45) is 6.82. The predicted molar refractivity (Wildman–Crippen MR) is 72.3 cm³/mol. The van der Waals surface area contributed by atoms with E-state index in [1.165, 1.54) is 0 Å². The third kappa shape index (κ3) is 2.08. The number of rotatable bonds is 3. The summed E-state index contributed by atoms with van der Waals surface area (Å²) >= 11 is 0. The van der Waals surface area contributed by atoms with E-state index in [9.17, 15) is 4.79 Å². The van der Waals surface area contributed by atoms with E-state index in [2.05, 4.69) is 15.4 Å². The Labute approximate surface area is 109 Å². The molecule has 0 saturated heterocycles. The van der Waals surface area contributed by atoms with Gasteiger partial charge in [0.15, 0.2) is 0 Å². The van der Waals surface area contributed by atoms with E-state index in [0.29, 0.717) is 12.1 Å². The summed E-state index contributed by atoms with van der Waals surface area (Å²) in [4.78, 5) is 16.5. The molecule has 19 heavy (non-hydrogen) atoms. The van der Waals surface area contributed by atoms with Gasteiger partial charge in [-0.2, -0.15) is 5.10 Å². The molecule has 3 aromatic heterocycles. The Morgan fingerprint density at radius 2 is 2.16 bits per heavy atom. The van der Waals surface area contributed by atoms with E-state index in [4.69, 9.17) is 0 Å². The van der Waals surface area contributed by atoms with Gasteiger partial charge < -0.3 is 9.88 Å². The molecule has 0 amide bonds. The van der Waals surface area contributed by atoms with Crippen molar-refractivity contribution in [2.24, 2.45) is 0 Å². The van der Waals surface area contributed by atoms with E-state index in [1.54, 1.807) is 39.9 Å². The SMILES string of the molecule is CNc1ccnc(Cn2ccn3nccc3c2=O)c1. The number of pyridine rings is 1. The first kappa shape index (κ1) is 11.5. The number of anilines is 1. The molecule has 0 aliphatic carbocycles. The van der Waals surface area contributed by atoms with Crippen LogP contribution in [0.5, 0.6) is 0 Å². The fourth-order valence-electron chi connectivity index (χ4n) is 1.98. The van der Waals surface area contributed by atoms with Gasteiger partial charge in [-0.1, -0.05) is 0 Å². The first-order valence-corrected chi connectivity index (χ1v) is 5.93. The lowest BCUT2D eigenvalue weighted by molar-refractivity contribution is 0.726. The second-order valence-corrected chi connectivity index (χ2v) is 4.18.